The van der Waals surface area contributed by atoms with Gasteiger partial charge >= 0.3 is 0 Å². The van der Waals surface area contributed by atoms with Gasteiger partial charge in [0.05, 0.1) is 17.0 Å². The second-order valence-electron chi connectivity index (χ2n) is 8.96. The number of H-pyrrole nitrogens is 1. The molecule has 0 bridgehead atoms. The van der Waals surface area contributed by atoms with Crippen molar-refractivity contribution < 1.29 is 4.79 Å². The number of nitrogens with one attached hydrogen (secondary N) is 1. The van der Waals surface area contributed by atoms with E-state index in [1.165, 1.54) is 0 Å². The van der Waals surface area contributed by atoms with Crippen molar-refractivity contribution >= 4 is 11.7 Å². The maximum atomic E-state index is 12.9. The Hall–Kier alpha value is -2.44. The third-order valence-electron chi connectivity index (χ3n) is 5.86. The fourth-order valence-corrected chi connectivity index (χ4v) is 4.30. The molecular weight excluding hydrogens is 340 g/mol. The molecule has 27 heavy (non-hydrogen) atoms. The number of carbonyl (C=O) groups is 1. The van der Waals surface area contributed by atoms with Crippen molar-refractivity contribution in [2.75, 3.05) is 31.1 Å². The quantitative estimate of drug-likeness (QED) is 0.880. The van der Waals surface area contributed by atoms with Crippen LogP contribution in [0.15, 0.2) is 12.4 Å². The van der Waals surface area contributed by atoms with E-state index >= 15 is 0 Å². The van der Waals surface area contributed by atoms with Crippen LogP contribution in [0, 0.1) is 25.7 Å². The summed E-state index contributed by atoms with van der Waals surface area (Å²) in [7, 11) is 0. The van der Waals surface area contributed by atoms with Crippen LogP contribution in [0.4, 0.5) is 5.82 Å². The Bertz CT molecular complexity index is 834. The minimum absolute atomic E-state index is 0.0107. The van der Waals surface area contributed by atoms with Crippen molar-refractivity contribution in [1.29, 1.82) is 0 Å². The minimum atomic E-state index is 0.0107. The van der Waals surface area contributed by atoms with Gasteiger partial charge in [-0.15, -0.1) is 0 Å². The molecule has 2 aromatic heterocycles. The predicted octanol–water partition coefficient (Wildman–Crippen LogP) is 2.32. The number of anilines is 1. The third kappa shape index (κ3) is 3.19. The monoisotopic (exact) mass is 368 g/mol. The molecular formula is C20H28N6O. The summed E-state index contributed by atoms with van der Waals surface area (Å²) < 4.78 is 0. The Balaban J connectivity index is 1.45. The lowest BCUT2D eigenvalue weighted by atomic mass is 9.92. The van der Waals surface area contributed by atoms with Gasteiger partial charge in [0.1, 0.15) is 12.1 Å². The van der Waals surface area contributed by atoms with Gasteiger partial charge in [-0.3, -0.25) is 9.89 Å². The molecule has 0 aliphatic carbocycles. The summed E-state index contributed by atoms with van der Waals surface area (Å²) in [6.45, 7) is 13.8. The Morgan fingerprint density at radius 1 is 1.11 bits per heavy atom. The molecule has 2 aliphatic heterocycles. The first-order chi connectivity index (χ1) is 12.7. The number of aryl methyl sites for hydroxylation is 2. The zero-order chi connectivity index (χ0) is 19.3. The van der Waals surface area contributed by atoms with E-state index in [1.54, 1.807) is 6.33 Å². The second kappa shape index (κ2) is 6.32. The molecule has 0 spiro atoms. The molecule has 0 radical (unpaired) electrons. The van der Waals surface area contributed by atoms with Gasteiger partial charge in [0, 0.05) is 55.2 Å². The van der Waals surface area contributed by atoms with Crippen LogP contribution in [0.1, 0.15) is 48.2 Å². The van der Waals surface area contributed by atoms with Gasteiger partial charge in [-0.2, -0.15) is 5.10 Å². The van der Waals surface area contributed by atoms with Gasteiger partial charge in [-0.1, -0.05) is 20.8 Å². The van der Waals surface area contributed by atoms with E-state index in [4.69, 9.17) is 0 Å². The fourth-order valence-electron chi connectivity index (χ4n) is 4.30. The van der Waals surface area contributed by atoms with E-state index in [0.717, 1.165) is 54.6 Å². The van der Waals surface area contributed by atoms with E-state index < -0.39 is 0 Å². The highest BCUT2D eigenvalue weighted by atomic mass is 16.2. The molecule has 2 unspecified atom stereocenters. The molecule has 7 nitrogen and oxygen atoms in total. The Kier molecular flexibility index (Phi) is 4.20. The van der Waals surface area contributed by atoms with E-state index in [-0.39, 0.29) is 11.3 Å². The lowest BCUT2D eigenvalue weighted by molar-refractivity contribution is 0.0781. The number of aromatic amines is 1. The van der Waals surface area contributed by atoms with Crippen molar-refractivity contribution in [3.8, 4) is 0 Å². The van der Waals surface area contributed by atoms with Gasteiger partial charge < -0.3 is 9.80 Å². The lowest BCUT2D eigenvalue weighted by Gasteiger charge is -2.24. The number of hydrogen-bond acceptors (Lipinski definition) is 5. The highest BCUT2D eigenvalue weighted by Gasteiger charge is 2.42. The molecule has 4 heterocycles. The second-order valence-corrected chi connectivity index (χ2v) is 8.96. The smallest absolute Gasteiger partial charge is 0.257 e. The van der Waals surface area contributed by atoms with E-state index in [9.17, 15) is 4.79 Å². The number of amides is 1. The van der Waals surface area contributed by atoms with E-state index in [0.29, 0.717) is 11.8 Å². The number of carbonyl (C=O) groups excluding carboxylic acids is 1. The first-order valence-corrected chi connectivity index (χ1v) is 9.62. The zero-order valence-electron chi connectivity index (χ0n) is 16.8. The summed E-state index contributed by atoms with van der Waals surface area (Å²) in [6, 6.07) is 2.11. The first kappa shape index (κ1) is 17.9. The number of hydrogen-bond donors (Lipinski definition) is 1. The van der Waals surface area contributed by atoms with Crippen LogP contribution in [0.3, 0.4) is 0 Å². The maximum absolute atomic E-state index is 12.9. The average Bonchev–Trinajstić information content (AvgIpc) is 3.27. The van der Waals surface area contributed by atoms with Gasteiger partial charge in [-0.25, -0.2) is 9.97 Å². The first-order valence-electron chi connectivity index (χ1n) is 9.62. The van der Waals surface area contributed by atoms with Crippen LogP contribution in [0.2, 0.25) is 0 Å². The lowest BCUT2D eigenvalue weighted by Crippen LogP contribution is -2.34. The Labute approximate surface area is 160 Å². The Morgan fingerprint density at radius 2 is 1.78 bits per heavy atom. The van der Waals surface area contributed by atoms with Gasteiger partial charge in [0.2, 0.25) is 0 Å². The highest BCUT2D eigenvalue weighted by Crippen LogP contribution is 2.35. The number of likely N-dealkylation sites (tertiary alicyclic amines) is 1. The minimum Gasteiger partial charge on any atom is -0.356 e. The topological polar surface area (TPSA) is 78.0 Å². The van der Waals surface area contributed by atoms with Crippen molar-refractivity contribution in [2.45, 2.75) is 40.0 Å². The SMILES string of the molecule is Cc1n[nH]c(C)c1C(=O)N1CC2CN(c3cc(C(C)(C)C)ncn3)CC2C1. The number of fused-ring (bicyclic) bond motifs is 1. The summed E-state index contributed by atoms with van der Waals surface area (Å²) in [5.41, 5.74) is 3.44. The number of rotatable bonds is 2. The molecule has 2 fully saturated rings. The van der Waals surface area contributed by atoms with Crippen LogP contribution in [0.5, 0.6) is 0 Å². The molecule has 2 aliphatic rings. The standard InChI is InChI=1S/C20H28N6O/c1-12-18(13(2)24-23-12)19(27)26-9-14-7-25(8-15(14)10-26)17-6-16(20(3,4)5)21-11-22-17/h6,11,14-15H,7-10H2,1-5H3,(H,23,24). The molecule has 1 amide bonds. The molecule has 1 N–H and O–H groups in total. The fraction of sp³-hybridized carbons (Fsp3) is 0.600. The molecule has 4 rings (SSSR count). The summed E-state index contributed by atoms with van der Waals surface area (Å²) in [5.74, 6) is 2.10. The maximum Gasteiger partial charge on any atom is 0.257 e. The zero-order valence-corrected chi connectivity index (χ0v) is 16.8. The molecule has 2 atom stereocenters. The van der Waals surface area contributed by atoms with Gasteiger partial charge in [0.15, 0.2) is 0 Å². The summed E-state index contributed by atoms with van der Waals surface area (Å²) in [5, 5.41) is 7.08. The number of aromatic nitrogens is 4. The van der Waals surface area contributed by atoms with Crippen molar-refractivity contribution in [1.82, 2.24) is 25.1 Å². The summed E-state index contributed by atoms with van der Waals surface area (Å²) >= 11 is 0. The van der Waals surface area contributed by atoms with Crippen molar-refractivity contribution in [2.24, 2.45) is 11.8 Å². The van der Waals surface area contributed by atoms with Crippen LogP contribution < -0.4 is 4.90 Å². The van der Waals surface area contributed by atoms with Gasteiger partial charge in [-0.05, 0) is 13.8 Å². The highest BCUT2D eigenvalue weighted by molar-refractivity contribution is 5.96. The largest absolute Gasteiger partial charge is 0.356 e. The molecule has 144 valence electrons. The van der Waals surface area contributed by atoms with Crippen molar-refractivity contribution in [3.05, 3.63) is 35.0 Å². The van der Waals surface area contributed by atoms with E-state index in [1.807, 2.05) is 18.7 Å². The number of nitrogens with zero attached hydrogens (tertiary/aromatic N) is 5. The molecule has 2 saturated heterocycles. The Morgan fingerprint density at radius 3 is 2.33 bits per heavy atom. The molecule has 2 aromatic rings. The van der Waals surface area contributed by atoms with E-state index in [2.05, 4.69) is 51.9 Å². The predicted molar refractivity (Wildman–Crippen MR) is 104 cm³/mol. The summed E-state index contributed by atoms with van der Waals surface area (Å²) in [4.78, 5) is 26.2. The van der Waals surface area contributed by atoms with Crippen LogP contribution >= 0.6 is 0 Å². The van der Waals surface area contributed by atoms with Crippen molar-refractivity contribution in [3.63, 3.8) is 0 Å². The van der Waals surface area contributed by atoms with Crippen LogP contribution in [-0.2, 0) is 5.41 Å². The normalized spacial score (nSPS) is 22.4. The summed E-state index contributed by atoms with van der Waals surface area (Å²) in [6.07, 6.45) is 1.67. The molecule has 0 aromatic carbocycles. The molecule has 7 heteroatoms. The van der Waals surface area contributed by atoms with Gasteiger partial charge in [0.25, 0.3) is 5.91 Å². The molecule has 0 saturated carbocycles. The third-order valence-corrected chi connectivity index (χ3v) is 5.86. The van der Waals surface area contributed by atoms with Crippen LogP contribution in [0.25, 0.3) is 0 Å². The van der Waals surface area contributed by atoms with Crippen LogP contribution in [-0.4, -0.2) is 57.2 Å². The average molecular weight is 368 g/mol.